The van der Waals surface area contributed by atoms with Gasteiger partial charge in [0.2, 0.25) is 15.9 Å². The molecule has 1 amide bonds. The Bertz CT molecular complexity index is 626. The van der Waals surface area contributed by atoms with Gasteiger partial charge < -0.3 is 5.32 Å². The number of piperazine rings is 1. The quantitative estimate of drug-likeness (QED) is 0.795. The van der Waals surface area contributed by atoms with Crippen molar-refractivity contribution in [3.8, 4) is 0 Å². The normalized spacial score (nSPS) is 18.2. The van der Waals surface area contributed by atoms with Crippen LogP contribution in [0.5, 0.6) is 0 Å². The van der Waals surface area contributed by atoms with Gasteiger partial charge in [0.15, 0.2) is 0 Å². The van der Waals surface area contributed by atoms with Crippen LogP contribution in [-0.4, -0.2) is 62.3 Å². The molecule has 0 saturated carbocycles. The number of rotatable bonds is 7. The molecule has 134 valence electrons. The molecule has 24 heavy (non-hydrogen) atoms. The molecule has 7 heteroatoms. The van der Waals surface area contributed by atoms with Crippen LogP contribution in [0.4, 0.5) is 0 Å². The Morgan fingerprint density at radius 1 is 1.17 bits per heavy atom. The smallest absolute Gasteiger partial charge is 0.234 e. The molecule has 0 aromatic heterocycles. The lowest BCUT2D eigenvalue weighted by atomic mass is 10.2. The van der Waals surface area contributed by atoms with Crippen LogP contribution in [-0.2, 0) is 20.6 Å². The SMILES string of the molecule is CC[C@H](C)NC(=O)CN1CCN(S(=O)(=O)Cc2ccccc2)CC1. The highest BCUT2D eigenvalue weighted by Gasteiger charge is 2.27. The van der Waals surface area contributed by atoms with Gasteiger partial charge >= 0.3 is 0 Å². The molecule has 1 fully saturated rings. The van der Waals surface area contributed by atoms with Gasteiger partial charge in [-0.15, -0.1) is 0 Å². The summed E-state index contributed by atoms with van der Waals surface area (Å²) in [5, 5.41) is 2.94. The zero-order chi connectivity index (χ0) is 17.6. The van der Waals surface area contributed by atoms with E-state index < -0.39 is 10.0 Å². The van der Waals surface area contributed by atoms with Gasteiger partial charge in [-0.05, 0) is 18.9 Å². The van der Waals surface area contributed by atoms with Crippen molar-refractivity contribution in [2.24, 2.45) is 0 Å². The second-order valence-corrected chi connectivity index (χ2v) is 8.26. The molecule has 0 bridgehead atoms. The molecule has 1 heterocycles. The van der Waals surface area contributed by atoms with Crippen LogP contribution < -0.4 is 5.32 Å². The van der Waals surface area contributed by atoms with Crippen molar-refractivity contribution in [1.82, 2.24) is 14.5 Å². The first-order valence-electron chi connectivity index (χ1n) is 8.44. The molecule has 1 N–H and O–H groups in total. The summed E-state index contributed by atoms with van der Waals surface area (Å²) >= 11 is 0. The molecule has 1 aromatic rings. The second-order valence-electron chi connectivity index (χ2n) is 6.29. The molecule has 1 aliphatic heterocycles. The van der Waals surface area contributed by atoms with E-state index in [2.05, 4.69) is 5.32 Å². The lowest BCUT2D eigenvalue weighted by molar-refractivity contribution is -0.123. The molecular weight excluding hydrogens is 326 g/mol. The van der Waals surface area contributed by atoms with Crippen LogP contribution in [0.1, 0.15) is 25.8 Å². The third-order valence-corrected chi connectivity index (χ3v) is 6.15. The maximum absolute atomic E-state index is 12.5. The molecule has 0 spiro atoms. The largest absolute Gasteiger partial charge is 0.353 e. The maximum Gasteiger partial charge on any atom is 0.234 e. The molecule has 6 nitrogen and oxygen atoms in total. The van der Waals surface area contributed by atoms with Crippen LogP contribution in [0, 0.1) is 0 Å². The Hall–Kier alpha value is -1.44. The third-order valence-electron chi connectivity index (χ3n) is 4.30. The first-order valence-corrected chi connectivity index (χ1v) is 10.0. The maximum atomic E-state index is 12.5. The van der Waals surface area contributed by atoms with Crippen molar-refractivity contribution < 1.29 is 13.2 Å². The van der Waals surface area contributed by atoms with E-state index in [1.807, 2.05) is 49.1 Å². The van der Waals surface area contributed by atoms with E-state index in [4.69, 9.17) is 0 Å². The van der Waals surface area contributed by atoms with Crippen LogP contribution >= 0.6 is 0 Å². The van der Waals surface area contributed by atoms with Crippen LogP contribution in [0.2, 0.25) is 0 Å². The molecule has 0 unspecified atom stereocenters. The number of carbonyl (C=O) groups is 1. The number of nitrogens with zero attached hydrogens (tertiary/aromatic N) is 2. The van der Waals surface area contributed by atoms with Gasteiger partial charge in [0.25, 0.3) is 0 Å². The first-order chi connectivity index (χ1) is 11.4. The van der Waals surface area contributed by atoms with E-state index in [-0.39, 0.29) is 17.7 Å². The average molecular weight is 353 g/mol. The topological polar surface area (TPSA) is 69.7 Å². The Morgan fingerprint density at radius 3 is 2.38 bits per heavy atom. The molecule has 0 aliphatic carbocycles. The van der Waals surface area contributed by atoms with Gasteiger partial charge in [-0.2, -0.15) is 4.31 Å². The van der Waals surface area contributed by atoms with E-state index >= 15 is 0 Å². The number of amides is 1. The Morgan fingerprint density at radius 2 is 1.79 bits per heavy atom. The zero-order valence-electron chi connectivity index (χ0n) is 14.4. The molecule has 1 aliphatic rings. The fraction of sp³-hybridized carbons (Fsp3) is 0.588. The molecule has 1 aromatic carbocycles. The second kappa shape index (κ2) is 8.60. The number of sulfonamides is 1. The van der Waals surface area contributed by atoms with Gasteiger partial charge in [-0.1, -0.05) is 37.3 Å². The average Bonchev–Trinajstić information content (AvgIpc) is 2.55. The van der Waals surface area contributed by atoms with Gasteiger partial charge in [0, 0.05) is 32.2 Å². The van der Waals surface area contributed by atoms with Crippen LogP contribution in [0.3, 0.4) is 0 Å². The highest BCUT2D eigenvalue weighted by Crippen LogP contribution is 2.13. The number of hydrogen-bond acceptors (Lipinski definition) is 4. The monoisotopic (exact) mass is 353 g/mol. The van der Waals surface area contributed by atoms with E-state index in [1.54, 1.807) is 0 Å². The highest BCUT2D eigenvalue weighted by molar-refractivity contribution is 7.88. The predicted octanol–water partition coefficient (Wildman–Crippen LogP) is 1.05. The standard InChI is InChI=1S/C17H27N3O3S/c1-3-15(2)18-17(21)13-19-9-11-20(12-10-19)24(22,23)14-16-7-5-4-6-8-16/h4-8,15H,3,9-14H2,1-2H3,(H,18,21)/t15-/m0/s1. The van der Waals surface area contributed by atoms with Crippen molar-refractivity contribution in [3.63, 3.8) is 0 Å². The van der Waals surface area contributed by atoms with Crippen molar-refractivity contribution in [2.75, 3.05) is 32.7 Å². The lowest BCUT2D eigenvalue weighted by Gasteiger charge is -2.33. The molecule has 2 rings (SSSR count). The van der Waals surface area contributed by atoms with Crippen LogP contribution in [0.15, 0.2) is 30.3 Å². The Balaban J connectivity index is 1.82. The number of nitrogens with one attached hydrogen (secondary N) is 1. The summed E-state index contributed by atoms with van der Waals surface area (Å²) in [6.45, 7) is 6.38. The predicted molar refractivity (Wildman–Crippen MR) is 95.0 cm³/mol. The summed E-state index contributed by atoms with van der Waals surface area (Å²) < 4.78 is 26.5. The van der Waals surface area contributed by atoms with E-state index in [0.717, 1.165) is 12.0 Å². The number of hydrogen-bond donors (Lipinski definition) is 1. The lowest BCUT2D eigenvalue weighted by Crippen LogP contribution is -2.51. The number of benzene rings is 1. The minimum absolute atomic E-state index is 0.00458. The summed E-state index contributed by atoms with van der Waals surface area (Å²) in [7, 11) is -3.31. The fourth-order valence-corrected chi connectivity index (χ4v) is 4.18. The zero-order valence-corrected chi connectivity index (χ0v) is 15.3. The highest BCUT2D eigenvalue weighted by atomic mass is 32.2. The summed E-state index contributed by atoms with van der Waals surface area (Å²) in [5.41, 5.74) is 0.799. The van der Waals surface area contributed by atoms with Crippen LogP contribution in [0.25, 0.3) is 0 Å². The fourth-order valence-electron chi connectivity index (χ4n) is 2.67. The van der Waals surface area contributed by atoms with Gasteiger partial charge in [-0.25, -0.2) is 8.42 Å². The molecule has 1 saturated heterocycles. The third kappa shape index (κ3) is 5.58. The van der Waals surface area contributed by atoms with E-state index in [1.165, 1.54) is 4.31 Å². The van der Waals surface area contributed by atoms with E-state index in [0.29, 0.717) is 32.7 Å². The number of carbonyl (C=O) groups excluding carboxylic acids is 1. The van der Waals surface area contributed by atoms with Gasteiger partial charge in [0.05, 0.1) is 12.3 Å². The van der Waals surface area contributed by atoms with Gasteiger partial charge in [-0.3, -0.25) is 9.69 Å². The summed E-state index contributed by atoms with van der Waals surface area (Å²) in [6, 6.07) is 9.39. The first kappa shape index (κ1) is 18.9. The van der Waals surface area contributed by atoms with Crippen molar-refractivity contribution >= 4 is 15.9 Å². The molecule has 0 radical (unpaired) electrons. The van der Waals surface area contributed by atoms with Gasteiger partial charge in [0.1, 0.15) is 0 Å². The minimum Gasteiger partial charge on any atom is -0.353 e. The summed E-state index contributed by atoms with van der Waals surface area (Å²) in [6.07, 6.45) is 0.900. The summed E-state index contributed by atoms with van der Waals surface area (Å²) in [5.74, 6) is 0.0347. The Labute approximate surface area is 144 Å². The molecule has 1 atom stereocenters. The minimum atomic E-state index is -3.31. The molecular formula is C17H27N3O3S. The van der Waals surface area contributed by atoms with Crippen molar-refractivity contribution in [3.05, 3.63) is 35.9 Å². The van der Waals surface area contributed by atoms with E-state index in [9.17, 15) is 13.2 Å². The summed E-state index contributed by atoms with van der Waals surface area (Å²) in [4.78, 5) is 13.9. The Kier molecular flexibility index (Phi) is 6.77. The van der Waals surface area contributed by atoms with Crippen molar-refractivity contribution in [2.45, 2.75) is 32.1 Å². The van der Waals surface area contributed by atoms with Crippen molar-refractivity contribution in [1.29, 1.82) is 0 Å².